The Hall–Kier alpha value is -1.65. The van der Waals surface area contributed by atoms with Gasteiger partial charge in [-0.25, -0.2) is 9.97 Å². The molecule has 0 saturated carbocycles. The molecule has 1 aromatic rings. The number of amides is 1. The molecule has 0 fully saturated rings. The number of hydrogen-bond donors (Lipinski definition) is 1. The van der Waals surface area contributed by atoms with E-state index in [0.29, 0.717) is 5.82 Å². The second-order valence-corrected chi connectivity index (χ2v) is 2.50. The molecule has 1 rings (SSSR count). The van der Waals surface area contributed by atoms with Crippen LogP contribution in [0.4, 0.5) is 5.82 Å². The standard InChI is InChI=1S/C7H10N4O/c1-11(2)5-3-4-9-7(10-5)6(8)12/h3-4H,1-2H3,(H2,8,12). The third kappa shape index (κ3) is 1.69. The minimum Gasteiger partial charge on any atom is -0.363 e. The maximum Gasteiger partial charge on any atom is 0.286 e. The van der Waals surface area contributed by atoms with Crippen molar-refractivity contribution >= 4 is 11.7 Å². The van der Waals surface area contributed by atoms with Crippen molar-refractivity contribution < 1.29 is 4.79 Å². The van der Waals surface area contributed by atoms with Gasteiger partial charge >= 0.3 is 0 Å². The number of nitrogens with two attached hydrogens (primary N) is 1. The molecule has 0 atom stereocenters. The van der Waals surface area contributed by atoms with Gasteiger partial charge in [-0.15, -0.1) is 0 Å². The van der Waals surface area contributed by atoms with E-state index < -0.39 is 5.91 Å². The highest BCUT2D eigenvalue weighted by molar-refractivity contribution is 5.89. The fourth-order valence-electron chi connectivity index (χ4n) is 0.717. The quantitative estimate of drug-likeness (QED) is 0.651. The lowest BCUT2D eigenvalue weighted by molar-refractivity contribution is 0.0990. The Morgan fingerprint density at radius 3 is 2.75 bits per heavy atom. The zero-order chi connectivity index (χ0) is 9.14. The lowest BCUT2D eigenvalue weighted by Crippen LogP contribution is -2.18. The predicted octanol–water partition coefficient (Wildman–Crippen LogP) is -0.358. The van der Waals surface area contributed by atoms with E-state index in [1.165, 1.54) is 6.20 Å². The monoisotopic (exact) mass is 166 g/mol. The van der Waals surface area contributed by atoms with Crippen LogP contribution in [0.15, 0.2) is 12.3 Å². The fourth-order valence-corrected chi connectivity index (χ4v) is 0.717. The maximum absolute atomic E-state index is 10.7. The van der Waals surface area contributed by atoms with Gasteiger partial charge in [0.25, 0.3) is 5.91 Å². The first kappa shape index (κ1) is 8.45. The fraction of sp³-hybridized carbons (Fsp3) is 0.286. The Labute approximate surface area is 70.2 Å². The number of primary amides is 1. The molecule has 5 nitrogen and oxygen atoms in total. The van der Waals surface area contributed by atoms with Crippen molar-refractivity contribution in [3.05, 3.63) is 18.1 Å². The number of nitrogens with zero attached hydrogens (tertiary/aromatic N) is 3. The van der Waals surface area contributed by atoms with Gasteiger partial charge in [0.15, 0.2) is 0 Å². The van der Waals surface area contributed by atoms with Gasteiger partial charge in [-0.3, -0.25) is 4.79 Å². The second kappa shape index (κ2) is 3.17. The predicted molar refractivity (Wildman–Crippen MR) is 44.9 cm³/mol. The molecule has 0 saturated heterocycles. The number of carbonyl (C=O) groups is 1. The molecule has 0 bridgehead atoms. The lowest BCUT2D eigenvalue weighted by atomic mass is 10.5. The summed E-state index contributed by atoms with van der Waals surface area (Å²) in [5.74, 6) is 0.0960. The smallest absolute Gasteiger partial charge is 0.286 e. The highest BCUT2D eigenvalue weighted by Crippen LogP contribution is 2.04. The summed E-state index contributed by atoms with van der Waals surface area (Å²) >= 11 is 0. The SMILES string of the molecule is CN(C)c1ccnc(C(N)=O)n1. The summed E-state index contributed by atoms with van der Waals surface area (Å²) in [7, 11) is 3.65. The van der Waals surface area contributed by atoms with Gasteiger partial charge in [0.05, 0.1) is 0 Å². The Morgan fingerprint density at radius 2 is 2.25 bits per heavy atom. The summed E-state index contributed by atoms with van der Waals surface area (Å²) in [5.41, 5.74) is 5.00. The normalized spacial score (nSPS) is 9.50. The molecule has 64 valence electrons. The molecule has 2 N–H and O–H groups in total. The maximum atomic E-state index is 10.7. The van der Waals surface area contributed by atoms with Crippen LogP contribution in [-0.4, -0.2) is 30.0 Å². The van der Waals surface area contributed by atoms with Crippen molar-refractivity contribution in [2.75, 3.05) is 19.0 Å². The van der Waals surface area contributed by atoms with Crippen LogP contribution in [0.1, 0.15) is 10.6 Å². The third-order valence-corrected chi connectivity index (χ3v) is 1.32. The van der Waals surface area contributed by atoms with Gasteiger partial charge in [-0.05, 0) is 6.07 Å². The van der Waals surface area contributed by atoms with Crippen LogP contribution in [0.25, 0.3) is 0 Å². The summed E-state index contributed by atoms with van der Waals surface area (Å²) in [6.45, 7) is 0. The first-order chi connectivity index (χ1) is 5.61. The summed E-state index contributed by atoms with van der Waals surface area (Å²) < 4.78 is 0. The third-order valence-electron chi connectivity index (χ3n) is 1.32. The zero-order valence-electron chi connectivity index (χ0n) is 6.98. The first-order valence-corrected chi connectivity index (χ1v) is 3.41. The number of anilines is 1. The number of aromatic nitrogens is 2. The van der Waals surface area contributed by atoms with Crippen molar-refractivity contribution in [3.8, 4) is 0 Å². The van der Waals surface area contributed by atoms with Crippen LogP contribution < -0.4 is 10.6 Å². The Morgan fingerprint density at radius 1 is 1.58 bits per heavy atom. The van der Waals surface area contributed by atoms with E-state index >= 15 is 0 Å². The summed E-state index contributed by atoms with van der Waals surface area (Å²) in [5, 5.41) is 0. The van der Waals surface area contributed by atoms with Gasteiger partial charge in [-0.2, -0.15) is 0 Å². The molecule has 1 aromatic heterocycles. The van der Waals surface area contributed by atoms with Gasteiger partial charge in [0.1, 0.15) is 5.82 Å². The molecular formula is C7H10N4O. The highest BCUT2D eigenvalue weighted by Gasteiger charge is 2.04. The van der Waals surface area contributed by atoms with E-state index in [1.54, 1.807) is 11.0 Å². The summed E-state index contributed by atoms with van der Waals surface area (Å²) in [6, 6.07) is 1.70. The van der Waals surface area contributed by atoms with Crippen molar-refractivity contribution in [1.82, 2.24) is 9.97 Å². The number of carbonyl (C=O) groups excluding carboxylic acids is 1. The lowest BCUT2D eigenvalue weighted by Gasteiger charge is -2.10. The van der Waals surface area contributed by atoms with Crippen molar-refractivity contribution in [2.45, 2.75) is 0 Å². The van der Waals surface area contributed by atoms with Crippen molar-refractivity contribution in [2.24, 2.45) is 5.73 Å². The van der Waals surface area contributed by atoms with E-state index in [-0.39, 0.29) is 5.82 Å². The number of rotatable bonds is 2. The molecule has 0 aliphatic rings. The molecule has 1 amide bonds. The average Bonchev–Trinajstić information content (AvgIpc) is 2.04. The topological polar surface area (TPSA) is 72.1 Å². The van der Waals surface area contributed by atoms with E-state index in [9.17, 15) is 4.79 Å². The summed E-state index contributed by atoms with van der Waals surface area (Å²) in [4.78, 5) is 20.0. The van der Waals surface area contributed by atoms with E-state index in [2.05, 4.69) is 9.97 Å². The van der Waals surface area contributed by atoms with E-state index in [1.807, 2.05) is 14.1 Å². The molecule has 0 unspecified atom stereocenters. The van der Waals surface area contributed by atoms with Gasteiger partial charge in [-0.1, -0.05) is 0 Å². The van der Waals surface area contributed by atoms with Crippen molar-refractivity contribution in [1.29, 1.82) is 0 Å². The molecule has 0 spiro atoms. The van der Waals surface area contributed by atoms with Crippen LogP contribution in [0.5, 0.6) is 0 Å². The van der Waals surface area contributed by atoms with Crippen LogP contribution >= 0.6 is 0 Å². The second-order valence-electron chi connectivity index (χ2n) is 2.50. The molecule has 0 aromatic carbocycles. The minimum absolute atomic E-state index is 0.0428. The molecule has 1 heterocycles. The largest absolute Gasteiger partial charge is 0.363 e. The Kier molecular flexibility index (Phi) is 2.23. The molecule has 0 radical (unpaired) electrons. The average molecular weight is 166 g/mol. The molecular weight excluding hydrogens is 156 g/mol. The van der Waals surface area contributed by atoms with Crippen molar-refractivity contribution in [3.63, 3.8) is 0 Å². The van der Waals surface area contributed by atoms with E-state index in [4.69, 9.17) is 5.73 Å². The highest BCUT2D eigenvalue weighted by atomic mass is 16.1. The summed E-state index contributed by atoms with van der Waals surface area (Å²) in [6.07, 6.45) is 1.50. The van der Waals surface area contributed by atoms with Gasteiger partial charge < -0.3 is 10.6 Å². The van der Waals surface area contributed by atoms with Crippen LogP contribution in [0.2, 0.25) is 0 Å². The molecule has 0 aliphatic carbocycles. The Bertz CT molecular complexity index is 297. The van der Waals surface area contributed by atoms with Crippen LogP contribution in [0.3, 0.4) is 0 Å². The zero-order valence-corrected chi connectivity index (χ0v) is 6.98. The van der Waals surface area contributed by atoms with Gasteiger partial charge in [0.2, 0.25) is 5.82 Å². The van der Waals surface area contributed by atoms with Gasteiger partial charge in [0, 0.05) is 20.3 Å². The molecule has 0 aliphatic heterocycles. The van der Waals surface area contributed by atoms with Crippen LogP contribution in [-0.2, 0) is 0 Å². The minimum atomic E-state index is -0.612. The Balaban J connectivity index is 3.04. The molecule has 5 heteroatoms. The first-order valence-electron chi connectivity index (χ1n) is 3.41. The van der Waals surface area contributed by atoms with Crippen LogP contribution in [0, 0.1) is 0 Å². The molecule has 12 heavy (non-hydrogen) atoms. The van der Waals surface area contributed by atoms with E-state index in [0.717, 1.165) is 0 Å². The number of hydrogen-bond acceptors (Lipinski definition) is 4.